The lowest BCUT2D eigenvalue weighted by atomic mass is 10.2. The van der Waals surface area contributed by atoms with E-state index in [4.69, 9.17) is 5.26 Å². The van der Waals surface area contributed by atoms with Crippen LogP contribution in [0.5, 0.6) is 0 Å². The summed E-state index contributed by atoms with van der Waals surface area (Å²) in [6.07, 6.45) is 1.75. The standard InChI is InChI=1S/C10H16N4/c1-8(2)13-10(6-11)7-14-9(3)4-5-12-14/h4-5,8,10,13H,7H2,1-3H3. The van der Waals surface area contributed by atoms with Gasteiger partial charge in [0.1, 0.15) is 6.04 Å². The molecule has 0 spiro atoms. The molecule has 0 radical (unpaired) electrons. The molecule has 1 aromatic rings. The van der Waals surface area contributed by atoms with Crippen LogP contribution in [0.3, 0.4) is 0 Å². The largest absolute Gasteiger partial charge is 0.298 e. The van der Waals surface area contributed by atoms with Crippen LogP contribution in [-0.2, 0) is 6.54 Å². The molecule has 1 atom stereocenters. The number of nitrogens with one attached hydrogen (secondary N) is 1. The molecule has 0 bridgehead atoms. The number of hydrogen-bond acceptors (Lipinski definition) is 3. The third-order valence-corrected chi connectivity index (χ3v) is 1.97. The van der Waals surface area contributed by atoms with E-state index in [-0.39, 0.29) is 6.04 Å². The number of aryl methyl sites for hydroxylation is 1. The van der Waals surface area contributed by atoms with Crippen molar-refractivity contribution in [2.75, 3.05) is 0 Å². The van der Waals surface area contributed by atoms with E-state index in [0.717, 1.165) is 5.69 Å². The minimum atomic E-state index is -0.173. The molecule has 1 heterocycles. The highest BCUT2D eigenvalue weighted by Crippen LogP contribution is 1.98. The van der Waals surface area contributed by atoms with Crippen LogP contribution in [0.25, 0.3) is 0 Å². The van der Waals surface area contributed by atoms with Crippen molar-refractivity contribution in [2.45, 2.75) is 39.4 Å². The van der Waals surface area contributed by atoms with Crippen LogP contribution < -0.4 is 5.32 Å². The van der Waals surface area contributed by atoms with Gasteiger partial charge in [0.2, 0.25) is 0 Å². The summed E-state index contributed by atoms with van der Waals surface area (Å²) in [7, 11) is 0. The van der Waals surface area contributed by atoms with Gasteiger partial charge < -0.3 is 0 Å². The van der Waals surface area contributed by atoms with Crippen molar-refractivity contribution in [3.63, 3.8) is 0 Å². The number of aromatic nitrogens is 2. The van der Waals surface area contributed by atoms with Crippen LogP contribution in [0.1, 0.15) is 19.5 Å². The van der Waals surface area contributed by atoms with Crippen LogP contribution >= 0.6 is 0 Å². The van der Waals surface area contributed by atoms with Gasteiger partial charge in [-0.25, -0.2) is 0 Å². The topological polar surface area (TPSA) is 53.6 Å². The summed E-state index contributed by atoms with van der Waals surface area (Å²) in [5.41, 5.74) is 1.08. The van der Waals surface area contributed by atoms with E-state index in [1.165, 1.54) is 0 Å². The Morgan fingerprint density at radius 1 is 1.64 bits per heavy atom. The van der Waals surface area contributed by atoms with Crippen molar-refractivity contribution in [1.82, 2.24) is 15.1 Å². The maximum Gasteiger partial charge on any atom is 0.115 e. The Bertz CT molecular complexity index is 321. The summed E-state index contributed by atoms with van der Waals surface area (Å²) < 4.78 is 1.84. The summed E-state index contributed by atoms with van der Waals surface area (Å²) in [5.74, 6) is 0. The zero-order valence-electron chi connectivity index (χ0n) is 8.86. The minimum Gasteiger partial charge on any atom is -0.298 e. The average Bonchev–Trinajstić information content (AvgIpc) is 2.50. The Labute approximate surface area is 84.5 Å². The van der Waals surface area contributed by atoms with Crippen molar-refractivity contribution in [3.05, 3.63) is 18.0 Å². The van der Waals surface area contributed by atoms with Gasteiger partial charge in [-0.1, -0.05) is 0 Å². The lowest BCUT2D eigenvalue weighted by Gasteiger charge is -2.15. The molecule has 4 heteroatoms. The quantitative estimate of drug-likeness (QED) is 0.776. The molecule has 0 aromatic carbocycles. The highest BCUT2D eigenvalue weighted by molar-refractivity contribution is 4.99. The van der Waals surface area contributed by atoms with Crippen molar-refractivity contribution in [2.24, 2.45) is 0 Å². The average molecular weight is 192 g/mol. The van der Waals surface area contributed by atoms with Crippen LogP contribution in [0, 0.1) is 18.3 Å². The SMILES string of the molecule is Cc1ccnn1CC(C#N)NC(C)C. The van der Waals surface area contributed by atoms with Gasteiger partial charge >= 0.3 is 0 Å². The van der Waals surface area contributed by atoms with E-state index >= 15 is 0 Å². The van der Waals surface area contributed by atoms with E-state index in [0.29, 0.717) is 12.6 Å². The van der Waals surface area contributed by atoms with Crippen molar-refractivity contribution < 1.29 is 0 Å². The van der Waals surface area contributed by atoms with Gasteiger partial charge in [0.15, 0.2) is 0 Å². The fraction of sp³-hybridized carbons (Fsp3) is 0.600. The highest BCUT2D eigenvalue weighted by atomic mass is 15.3. The summed E-state index contributed by atoms with van der Waals surface area (Å²) >= 11 is 0. The maximum atomic E-state index is 8.91. The van der Waals surface area contributed by atoms with Crippen LogP contribution in [0.2, 0.25) is 0 Å². The zero-order valence-corrected chi connectivity index (χ0v) is 8.86. The number of hydrogen-bond donors (Lipinski definition) is 1. The first-order valence-electron chi connectivity index (χ1n) is 4.77. The van der Waals surface area contributed by atoms with Crippen molar-refractivity contribution in [3.8, 4) is 6.07 Å². The van der Waals surface area contributed by atoms with Crippen molar-refractivity contribution >= 4 is 0 Å². The highest BCUT2D eigenvalue weighted by Gasteiger charge is 2.10. The molecule has 4 nitrogen and oxygen atoms in total. The second-order valence-electron chi connectivity index (χ2n) is 3.66. The molecule has 0 fully saturated rings. The second kappa shape index (κ2) is 4.77. The van der Waals surface area contributed by atoms with Crippen LogP contribution in [-0.4, -0.2) is 21.9 Å². The monoisotopic (exact) mass is 192 g/mol. The molecule has 76 valence electrons. The normalized spacial score (nSPS) is 12.8. The van der Waals surface area contributed by atoms with E-state index in [1.807, 2.05) is 31.5 Å². The molecular formula is C10H16N4. The third kappa shape index (κ3) is 2.86. The lowest BCUT2D eigenvalue weighted by Crippen LogP contribution is -2.37. The number of nitrogens with zero attached hydrogens (tertiary/aromatic N) is 3. The van der Waals surface area contributed by atoms with Gasteiger partial charge in [0.05, 0.1) is 12.6 Å². The van der Waals surface area contributed by atoms with E-state index < -0.39 is 0 Å². The first kappa shape index (κ1) is 10.7. The molecule has 0 aliphatic carbocycles. The first-order valence-corrected chi connectivity index (χ1v) is 4.77. The third-order valence-electron chi connectivity index (χ3n) is 1.97. The first-order chi connectivity index (χ1) is 6.63. The Morgan fingerprint density at radius 2 is 2.36 bits per heavy atom. The van der Waals surface area contributed by atoms with E-state index in [1.54, 1.807) is 6.20 Å². The molecule has 14 heavy (non-hydrogen) atoms. The molecule has 0 saturated heterocycles. The Kier molecular flexibility index (Phi) is 3.66. The van der Waals surface area contributed by atoms with Crippen LogP contribution in [0.4, 0.5) is 0 Å². The molecule has 0 amide bonds. The summed E-state index contributed by atoms with van der Waals surface area (Å²) in [4.78, 5) is 0. The molecule has 1 rings (SSSR count). The summed E-state index contributed by atoms with van der Waals surface area (Å²) in [6, 6.07) is 4.30. The predicted octanol–water partition coefficient (Wildman–Crippen LogP) is 1.08. The van der Waals surface area contributed by atoms with Gasteiger partial charge in [-0.2, -0.15) is 10.4 Å². The number of nitriles is 1. The Morgan fingerprint density at radius 3 is 2.79 bits per heavy atom. The molecule has 0 aliphatic rings. The van der Waals surface area contributed by atoms with Gasteiger partial charge in [-0.15, -0.1) is 0 Å². The molecule has 1 N–H and O–H groups in total. The predicted molar refractivity (Wildman–Crippen MR) is 54.6 cm³/mol. The van der Waals surface area contributed by atoms with E-state index in [2.05, 4.69) is 16.5 Å². The maximum absolute atomic E-state index is 8.91. The molecule has 0 aliphatic heterocycles. The lowest BCUT2D eigenvalue weighted by molar-refractivity contribution is 0.451. The Balaban J connectivity index is 2.58. The zero-order chi connectivity index (χ0) is 10.6. The molecular weight excluding hydrogens is 176 g/mol. The second-order valence-corrected chi connectivity index (χ2v) is 3.66. The van der Waals surface area contributed by atoms with Gasteiger partial charge in [-0.05, 0) is 26.8 Å². The fourth-order valence-electron chi connectivity index (χ4n) is 1.30. The minimum absolute atomic E-state index is 0.173. The van der Waals surface area contributed by atoms with Gasteiger partial charge in [0.25, 0.3) is 0 Å². The summed E-state index contributed by atoms with van der Waals surface area (Å²) in [6.45, 7) is 6.64. The van der Waals surface area contributed by atoms with Gasteiger partial charge in [0, 0.05) is 17.9 Å². The fourth-order valence-corrected chi connectivity index (χ4v) is 1.30. The molecule has 1 unspecified atom stereocenters. The summed E-state index contributed by atoms with van der Waals surface area (Å²) in [5, 5.41) is 16.2. The number of rotatable bonds is 4. The van der Waals surface area contributed by atoms with Crippen molar-refractivity contribution in [1.29, 1.82) is 5.26 Å². The molecule has 0 saturated carbocycles. The Hall–Kier alpha value is -1.34. The smallest absolute Gasteiger partial charge is 0.115 e. The van der Waals surface area contributed by atoms with E-state index in [9.17, 15) is 0 Å². The van der Waals surface area contributed by atoms with Gasteiger partial charge in [-0.3, -0.25) is 10.00 Å². The molecule has 1 aromatic heterocycles. The van der Waals surface area contributed by atoms with Crippen LogP contribution in [0.15, 0.2) is 12.3 Å².